The Labute approximate surface area is 258 Å². The molecule has 2 heterocycles. The van der Waals surface area contributed by atoms with Crippen molar-refractivity contribution in [2.24, 2.45) is 0 Å². The third kappa shape index (κ3) is 5.95. The van der Waals surface area contributed by atoms with E-state index < -0.39 is 0 Å². The number of aliphatic hydroxyl groups is 1. The predicted octanol–water partition coefficient (Wildman–Crippen LogP) is 9.28. The number of Topliss-reactive ketones (excluding diaryl/α,β-unsaturated/α-hetero) is 1. The van der Waals surface area contributed by atoms with Gasteiger partial charge in [0, 0.05) is 39.4 Å². The zero-order valence-electron chi connectivity index (χ0n) is 25.9. The van der Waals surface area contributed by atoms with Gasteiger partial charge in [0.15, 0.2) is 5.78 Å². The summed E-state index contributed by atoms with van der Waals surface area (Å²) < 4.78 is 1.92. The van der Waals surface area contributed by atoms with Gasteiger partial charge < -0.3 is 5.11 Å². The van der Waals surface area contributed by atoms with Gasteiger partial charge in [-0.3, -0.25) is 9.89 Å². The number of rotatable bonds is 12. The maximum atomic E-state index is 12.8. The molecule has 224 valence electrons. The van der Waals surface area contributed by atoms with Crippen LogP contribution in [-0.4, -0.2) is 30.9 Å². The topological polar surface area (TPSA) is 83.8 Å². The van der Waals surface area contributed by atoms with Crippen LogP contribution < -0.4 is 0 Å². The average molecular weight is 585 g/mol. The van der Waals surface area contributed by atoms with Crippen LogP contribution in [-0.2, 0) is 6.61 Å². The highest BCUT2D eigenvalue weighted by molar-refractivity contribution is 5.98. The van der Waals surface area contributed by atoms with Gasteiger partial charge in [0.05, 0.1) is 29.0 Å². The Balaban J connectivity index is 1.31. The molecule has 2 aromatic heterocycles. The number of hydrogen-bond acceptors (Lipinski definition) is 4. The van der Waals surface area contributed by atoms with Gasteiger partial charge in [-0.1, -0.05) is 92.6 Å². The second-order valence-electron chi connectivity index (χ2n) is 11.9. The van der Waals surface area contributed by atoms with Crippen LogP contribution in [0.5, 0.6) is 0 Å². The molecule has 2 N–H and O–H groups in total. The minimum absolute atomic E-state index is 0.136. The molecule has 0 radical (unpaired) electrons. The van der Waals surface area contributed by atoms with E-state index in [2.05, 4.69) is 61.3 Å². The first kappa shape index (κ1) is 29.5. The van der Waals surface area contributed by atoms with E-state index in [1.54, 1.807) is 0 Å². The molecular formula is C38H40N4O2. The minimum atomic E-state index is -0.136. The van der Waals surface area contributed by atoms with Crippen molar-refractivity contribution < 1.29 is 9.90 Å². The van der Waals surface area contributed by atoms with Crippen molar-refractivity contribution in [3.8, 4) is 28.2 Å². The second kappa shape index (κ2) is 13.0. The number of nitrogens with one attached hydrogen (secondary N) is 1. The van der Waals surface area contributed by atoms with Crippen LogP contribution in [0.15, 0.2) is 78.9 Å². The standard InChI is InChI=1S/C38H40N4O2/c1-4-5-6-7-8-9-10-36(44)27-13-15-28(16-14-27)38-32-22-26(3)12-19-35(32)42(41-38)34-20-17-29(23-30(34)24-43)37-31-21-25(2)11-18-33(31)39-40-37/h11-23,43H,4-10,24H2,1-3H3,(H,39,40). The zero-order chi connectivity index (χ0) is 30.6. The monoisotopic (exact) mass is 584 g/mol. The number of aliphatic hydroxyl groups excluding tert-OH is 1. The molecule has 44 heavy (non-hydrogen) atoms. The lowest BCUT2D eigenvalue weighted by Gasteiger charge is -2.11. The van der Waals surface area contributed by atoms with Gasteiger partial charge in [-0.05, 0) is 56.7 Å². The second-order valence-corrected chi connectivity index (χ2v) is 11.9. The number of carbonyl (C=O) groups is 1. The first-order valence-electron chi connectivity index (χ1n) is 15.8. The lowest BCUT2D eigenvalue weighted by atomic mass is 10.0. The summed E-state index contributed by atoms with van der Waals surface area (Å²) in [6.07, 6.45) is 7.61. The van der Waals surface area contributed by atoms with Crippen molar-refractivity contribution in [2.75, 3.05) is 0 Å². The largest absolute Gasteiger partial charge is 0.392 e. The summed E-state index contributed by atoms with van der Waals surface area (Å²) in [4.78, 5) is 12.8. The molecule has 0 amide bonds. The van der Waals surface area contributed by atoms with Gasteiger partial charge in [0.2, 0.25) is 0 Å². The first-order valence-corrected chi connectivity index (χ1v) is 15.8. The molecule has 0 fully saturated rings. The number of carbonyl (C=O) groups excluding carboxylic acids is 1. The van der Waals surface area contributed by atoms with Crippen LogP contribution in [0.3, 0.4) is 0 Å². The highest BCUT2D eigenvalue weighted by Crippen LogP contribution is 2.34. The van der Waals surface area contributed by atoms with Gasteiger partial charge >= 0.3 is 0 Å². The van der Waals surface area contributed by atoms with Crippen molar-refractivity contribution >= 4 is 27.6 Å². The van der Waals surface area contributed by atoms with E-state index in [1.165, 1.54) is 31.2 Å². The number of unbranched alkanes of at least 4 members (excludes halogenated alkanes) is 5. The maximum Gasteiger partial charge on any atom is 0.162 e. The van der Waals surface area contributed by atoms with E-state index in [9.17, 15) is 9.90 Å². The third-order valence-corrected chi connectivity index (χ3v) is 8.54. The van der Waals surface area contributed by atoms with Crippen LogP contribution in [0.1, 0.15) is 78.9 Å². The Bertz CT molecular complexity index is 1930. The Morgan fingerprint density at radius 3 is 2.25 bits per heavy atom. The first-order chi connectivity index (χ1) is 21.5. The predicted molar refractivity (Wildman–Crippen MR) is 179 cm³/mol. The molecule has 0 saturated carbocycles. The number of H-pyrrole nitrogens is 1. The fourth-order valence-corrected chi connectivity index (χ4v) is 6.07. The van der Waals surface area contributed by atoms with Crippen molar-refractivity contribution in [3.63, 3.8) is 0 Å². The van der Waals surface area contributed by atoms with Gasteiger partial charge in [0.25, 0.3) is 0 Å². The average Bonchev–Trinajstić information content (AvgIpc) is 3.63. The minimum Gasteiger partial charge on any atom is -0.392 e. The lowest BCUT2D eigenvalue weighted by Crippen LogP contribution is -2.02. The number of aromatic nitrogens is 4. The SMILES string of the molecule is CCCCCCCCC(=O)c1ccc(-c2nn(-c3ccc(-c4n[nH]c5ccc(C)cc45)cc3CO)c3ccc(C)cc23)cc1. The van der Waals surface area contributed by atoms with E-state index in [0.29, 0.717) is 6.42 Å². The Morgan fingerprint density at radius 2 is 1.48 bits per heavy atom. The Morgan fingerprint density at radius 1 is 0.773 bits per heavy atom. The molecule has 6 aromatic rings. The van der Waals surface area contributed by atoms with E-state index in [1.807, 2.05) is 53.2 Å². The van der Waals surface area contributed by atoms with E-state index >= 15 is 0 Å². The molecule has 6 heteroatoms. The highest BCUT2D eigenvalue weighted by atomic mass is 16.3. The number of hydrogen-bond donors (Lipinski definition) is 2. The normalized spacial score (nSPS) is 11.5. The summed E-state index contributed by atoms with van der Waals surface area (Å²) in [6, 6.07) is 26.5. The molecule has 0 saturated heterocycles. The molecule has 0 aliphatic carbocycles. The van der Waals surface area contributed by atoms with Crippen LogP contribution in [0.2, 0.25) is 0 Å². The summed E-state index contributed by atoms with van der Waals surface area (Å²) in [7, 11) is 0. The summed E-state index contributed by atoms with van der Waals surface area (Å²) in [5.41, 5.74) is 10.2. The summed E-state index contributed by atoms with van der Waals surface area (Å²) >= 11 is 0. The molecule has 6 nitrogen and oxygen atoms in total. The third-order valence-electron chi connectivity index (χ3n) is 8.54. The van der Waals surface area contributed by atoms with Crippen molar-refractivity contribution in [1.29, 1.82) is 0 Å². The fraction of sp³-hybridized carbons (Fsp3) is 0.289. The highest BCUT2D eigenvalue weighted by Gasteiger charge is 2.18. The molecule has 0 aliphatic rings. The molecule has 0 spiro atoms. The Kier molecular flexibility index (Phi) is 8.71. The summed E-state index contributed by atoms with van der Waals surface area (Å²) in [6.45, 7) is 6.23. The number of benzene rings is 4. The Hall–Kier alpha value is -4.55. The molecular weight excluding hydrogens is 544 g/mol. The van der Waals surface area contributed by atoms with E-state index in [-0.39, 0.29) is 12.4 Å². The van der Waals surface area contributed by atoms with E-state index in [4.69, 9.17) is 5.10 Å². The van der Waals surface area contributed by atoms with E-state index in [0.717, 1.165) is 79.5 Å². The van der Waals surface area contributed by atoms with Crippen LogP contribution in [0.4, 0.5) is 0 Å². The maximum absolute atomic E-state index is 12.8. The number of nitrogens with zero attached hydrogens (tertiary/aromatic N) is 3. The molecule has 0 aliphatic heterocycles. The fourth-order valence-electron chi connectivity index (χ4n) is 6.07. The van der Waals surface area contributed by atoms with Crippen LogP contribution in [0, 0.1) is 13.8 Å². The summed E-state index contributed by atoms with van der Waals surface area (Å²) in [5.74, 6) is 0.200. The zero-order valence-corrected chi connectivity index (χ0v) is 25.9. The number of aromatic amines is 1. The molecule has 0 atom stereocenters. The molecule has 6 rings (SSSR count). The van der Waals surface area contributed by atoms with Gasteiger partial charge in [-0.2, -0.15) is 10.2 Å². The summed E-state index contributed by atoms with van der Waals surface area (Å²) in [5, 5.41) is 25.4. The van der Waals surface area contributed by atoms with Gasteiger partial charge in [0.1, 0.15) is 5.69 Å². The molecule has 4 aromatic carbocycles. The van der Waals surface area contributed by atoms with Crippen molar-refractivity contribution in [1.82, 2.24) is 20.0 Å². The smallest absolute Gasteiger partial charge is 0.162 e. The van der Waals surface area contributed by atoms with Crippen LogP contribution in [0.25, 0.3) is 50.0 Å². The number of fused-ring (bicyclic) bond motifs is 2. The molecule has 0 bridgehead atoms. The molecule has 0 unspecified atom stereocenters. The van der Waals surface area contributed by atoms with Crippen molar-refractivity contribution in [2.45, 2.75) is 72.3 Å². The van der Waals surface area contributed by atoms with Gasteiger partial charge in [-0.25, -0.2) is 4.68 Å². The van der Waals surface area contributed by atoms with Crippen LogP contribution >= 0.6 is 0 Å². The quantitative estimate of drug-likeness (QED) is 0.111. The van der Waals surface area contributed by atoms with Crippen molar-refractivity contribution in [3.05, 3.63) is 101 Å². The lowest BCUT2D eigenvalue weighted by molar-refractivity contribution is 0.0979. The number of ketones is 1. The number of aryl methyl sites for hydroxylation is 2. The van der Waals surface area contributed by atoms with Gasteiger partial charge in [-0.15, -0.1) is 0 Å².